The van der Waals surface area contributed by atoms with Gasteiger partial charge in [-0.3, -0.25) is 14.5 Å². The fourth-order valence-corrected chi connectivity index (χ4v) is 4.73. The van der Waals surface area contributed by atoms with E-state index in [0.717, 1.165) is 52.1 Å². The number of morpholine rings is 1. The molecule has 7 nitrogen and oxygen atoms in total. The Morgan fingerprint density at radius 2 is 1.56 bits per heavy atom. The highest BCUT2D eigenvalue weighted by Crippen LogP contribution is 2.21. The van der Waals surface area contributed by atoms with Crippen molar-refractivity contribution >= 4 is 21.8 Å². The third kappa shape index (κ3) is 4.40. The van der Waals surface area contributed by atoms with Crippen molar-refractivity contribution in [3.63, 3.8) is 0 Å². The Balaban J connectivity index is 1.42. The molecule has 168 valence electrons. The van der Waals surface area contributed by atoms with E-state index in [1.807, 2.05) is 24.5 Å². The quantitative estimate of drug-likeness (QED) is 0.441. The van der Waals surface area contributed by atoms with Crippen LogP contribution in [0.3, 0.4) is 0 Å². The van der Waals surface area contributed by atoms with E-state index in [0.29, 0.717) is 34.9 Å². The highest BCUT2D eigenvalue weighted by atomic mass is 16.5. The van der Waals surface area contributed by atoms with Crippen LogP contribution in [0.15, 0.2) is 51.8 Å². The second-order valence-electron chi connectivity index (χ2n) is 8.79. The van der Waals surface area contributed by atoms with Gasteiger partial charge in [-0.15, -0.1) is 0 Å². The lowest BCUT2D eigenvalue weighted by atomic mass is 9.97. The van der Waals surface area contributed by atoms with Crippen LogP contribution in [0.5, 0.6) is 0 Å². The van der Waals surface area contributed by atoms with Crippen molar-refractivity contribution in [2.75, 3.05) is 32.8 Å². The van der Waals surface area contributed by atoms with E-state index in [-0.39, 0.29) is 11.1 Å². The lowest BCUT2D eigenvalue weighted by Gasteiger charge is -2.26. The molecule has 0 saturated carbocycles. The monoisotopic (exact) mass is 434 g/mol. The summed E-state index contributed by atoms with van der Waals surface area (Å²) < 4.78 is 8.87. The van der Waals surface area contributed by atoms with E-state index in [1.54, 1.807) is 15.2 Å². The number of nitrogens with zero attached hydrogens (tertiary/aromatic N) is 4. The molecule has 4 heterocycles. The Morgan fingerprint density at radius 1 is 0.875 bits per heavy atom. The minimum Gasteiger partial charge on any atom is -0.379 e. The number of fused-ring (bicyclic) bond motifs is 2. The van der Waals surface area contributed by atoms with Crippen molar-refractivity contribution in [1.29, 1.82) is 0 Å². The van der Waals surface area contributed by atoms with Crippen LogP contribution >= 0.6 is 0 Å². The van der Waals surface area contributed by atoms with Crippen LogP contribution < -0.4 is 11.1 Å². The van der Waals surface area contributed by atoms with Crippen LogP contribution in [0, 0.1) is 0 Å². The van der Waals surface area contributed by atoms with Crippen LogP contribution in [0.2, 0.25) is 0 Å². The van der Waals surface area contributed by atoms with Gasteiger partial charge >= 0.3 is 0 Å². The van der Waals surface area contributed by atoms with Gasteiger partial charge in [0.25, 0.3) is 11.1 Å². The van der Waals surface area contributed by atoms with E-state index in [2.05, 4.69) is 16.0 Å². The van der Waals surface area contributed by atoms with E-state index < -0.39 is 0 Å². The molecule has 5 rings (SSSR count). The molecule has 0 amide bonds. The maximum Gasteiger partial charge on any atom is 0.260 e. The van der Waals surface area contributed by atoms with Gasteiger partial charge in [0.2, 0.25) is 0 Å². The Morgan fingerprint density at radius 3 is 2.22 bits per heavy atom. The largest absolute Gasteiger partial charge is 0.379 e. The summed E-state index contributed by atoms with van der Waals surface area (Å²) in [5.74, 6) is 0. The van der Waals surface area contributed by atoms with Crippen LogP contribution in [-0.2, 0) is 17.8 Å². The Labute approximate surface area is 186 Å². The number of allylic oxidation sites excluding steroid dienone is 2. The van der Waals surface area contributed by atoms with Gasteiger partial charge in [0.05, 0.1) is 35.0 Å². The van der Waals surface area contributed by atoms with Gasteiger partial charge in [0.1, 0.15) is 0 Å². The van der Waals surface area contributed by atoms with Crippen LogP contribution in [0.25, 0.3) is 21.8 Å². The number of hydrogen-bond donors (Lipinski definition) is 0. The van der Waals surface area contributed by atoms with Gasteiger partial charge in [-0.25, -0.2) is 4.98 Å². The Hall–Kier alpha value is -2.77. The average molecular weight is 435 g/mol. The van der Waals surface area contributed by atoms with Crippen molar-refractivity contribution in [3.05, 3.63) is 62.9 Å². The minimum absolute atomic E-state index is 0.0728. The van der Waals surface area contributed by atoms with Crippen LogP contribution in [0.1, 0.15) is 32.1 Å². The molecule has 32 heavy (non-hydrogen) atoms. The zero-order valence-electron chi connectivity index (χ0n) is 18.5. The SMILES string of the molecule is O=c1c2cc3c(=O)n(CCN4CCOCC4)ccc3nc2ccn1CCC1=CCCCC1. The maximum atomic E-state index is 13.1. The van der Waals surface area contributed by atoms with Crippen molar-refractivity contribution in [2.24, 2.45) is 0 Å². The Bertz CT molecular complexity index is 1270. The summed E-state index contributed by atoms with van der Waals surface area (Å²) in [7, 11) is 0. The molecule has 2 aliphatic rings. The Kier molecular flexibility index (Phi) is 6.19. The van der Waals surface area contributed by atoms with Gasteiger partial charge < -0.3 is 13.9 Å². The van der Waals surface area contributed by atoms with Crippen LogP contribution in [0.4, 0.5) is 0 Å². The predicted molar refractivity (Wildman–Crippen MR) is 126 cm³/mol. The molecule has 1 aliphatic heterocycles. The van der Waals surface area contributed by atoms with E-state index >= 15 is 0 Å². The molecule has 1 aliphatic carbocycles. The summed E-state index contributed by atoms with van der Waals surface area (Å²) in [5.41, 5.74) is 2.56. The molecule has 7 heteroatoms. The summed E-state index contributed by atoms with van der Waals surface area (Å²) in [6.45, 7) is 5.35. The molecule has 3 aromatic rings. The topological polar surface area (TPSA) is 69.4 Å². The van der Waals surface area contributed by atoms with Crippen molar-refractivity contribution in [2.45, 2.75) is 45.2 Å². The third-order valence-electron chi connectivity index (χ3n) is 6.71. The summed E-state index contributed by atoms with van der Waals surface area (Å²) in [6, 6.07) is 5.50. The molecule has 0 spiro atoms. The smallest absolute Gasteiger partial charge is 0.260 e. The van der Waals surface area contributed by atoms with Crippen molar-refractivity contribution in [1.82, 2.24) is 19.0 Å². The number of rotatable bonds is 6. The summed E-state index contributed by atoms with van der Waals surface area (Å²) in [5, 5.41) is 1.02. The highest BCUT2D eigenvalue weighted by molar-refractivity contribution is 5.91. The second-order valence-corrected chi connectivity index (χ2v) is 8.79. The van der Waals surface area contributed by atoms with Gasteiger partial charge in [-0.2, -0.15) is 0 Å². The van der Waals surface area contributed by atoms with Gasteiger partial charge in [-0.05, 0) is 50.3 Å². The first kappa shape index (κ1) is 21.1. The number of ether oxygens (including phenoxy) is 1. The van der Waals surface area contributed by atoms with Gasteiger partial charge in [0.15, 0.2) is 0 Å². The van der Waals surface area contributed by atoms with Crippen LogP contribution in [-0.4, -0.2) is 51.9 Å². The molecule has 0 atom stereocenters. The third-order valence-corrected chi connectivity index (χ3v) is 6.71. The molecule has 0 aromatic carbocycles. The van der Waals surface area contributed by atoms with Gasteiger partial charge in [0, 0.05) is 45.1 Å². The number of aryl methyl sites for hydroxylation is 1. The molecule has 0 N–H and O–H groups in total. The second kappa shape index (κ2) is 9.38. The highest BCUT2D eigenvalue weighted by Gasteiger charge is 2.13. The maximum absolute atomic E-state index is 13.1. The zero-order chi connectivity index (χ0) is 21.9. The molecule has 0 bridgehead atoms. The molecule has 3 aromatic heterocycles. The number of aromatic nitrogens is 3. The normalized spacial score (nSPS) is 17.7. The first-order chi connectivity index (χ1) is 15.7. The lowest BCUT2D eigenvalue weighted by molar-refractivity contribution is 0.0363. The molecule has 0 radical (unpaired) electrons. The molecular formula is C25H30N4O3. The first-order valence-corrected chi connectivity index (χ1v) is 11.7. The number of hydrogen-bond acceptors (Lipinski definition) is 5. The number of pyridine rings is 3. The van der Waals surface area contributed by atoms with E-state index in [1.165, 1.54) is 18.4 Å². The fourth-order valence-electron chi connectivity index (χ4n) is 4.73. The van der Waals surface area contributed by atoms with E-state index in [9.17, 15) is 9.59 Å². The fraction of sp³-hybridized carbons (Fsp3) is 0.480. The first-order valence-electron chi connectivity index (χ1n) is 11.7. The van der Waals surface area contributed by atoms with Gasteiger partial charge in [-0.1, -0.05) is 11.6 Å². The summed E-state index contributed by atoms with van der Waals surface area (Å²) in [6.07, 6.45) is 11.7. The van der Waals surface area contributed by atoms with Crippen molar-refractivity contribution in [3.8, 4) is 0 Å². The summed E-state index contributed by atoms with van der Waals surface area (Å²) in [4.78, 5) is 33.2. The molecule has 1 saturated heterocycles. The van der Waals surface area contributed by atoms with E-state index in [4.69, 9.17) is 4.74 Å². The standard InChI is InChI=1S/C25H30N4O3/c30-24-20-18-21-23(8-11-29(25(21)31)13-12-27-14-16-32-17-15-27)26-22(20)7-10-28(24)9-6-19-4-2-1-3-5-19/h4,7-8,10-11,18H,1-3,5-6,9,12-17H2. The predicted octanol–water partition coefficient (Wildman–Crippen LogP) is 2.93. The minimum atomic E-state index is -0.0904. The molecular weight excluding hydrogens is 404 g/mol. The molecule has 0 unspecified atom stereocenters. The van der Waals surface area contributed by atoms with Crippen molar-refractivity contribution < 1.29 is 4.74 Å². The average Bonchev–Trinajstić information content (AvgIpc) is 2.84. The molecule has 1 fully saturated rings. The summed E-state index contributed by atoms with van der Waals surface area (Å²) >= 11 is 0. The lowest BCUT2D eigenvalue weighted by Crippen LogP contribution is -2.39. The zero-order valence-corrected chi connectivity index (χ0v) is 18.5.